The van der Waals surface area contributed by atoms with Crippen molar-refractivity contribution in [3.63, 3.8) is 0 Å². The van der Waals surface area contributed by atoms with Crippen LogP contribution in [0.5, 0.6) is 11.5 Å². The number of methoxy groups -OCH3 is 2. The van der Waals surface area contributed by atoms with Gasteiger partial charge in [0.25, 0.3) is 11.8 Å². The topological polar surface area (TPSA) is 77.6 Å². The number of carbonyl (C=O) groups is 2. The maximum absolute atomic E-state index is 13.3. The SMILES string of the molecule is COc1ccc(NC(=O)c2ccc(-c3ccc(C(=O)N4CCN(C)CC4)cc3C)cc2)c(OC)c1N1CCN(C)CC1. The summed E-state index contributed by atoms with van der Waals surface area (Å²) in [7, 11) is 7.46. The summed E-state index contributed by atoms with van der Waals surface area (Å²) in [5.41, 5.74) is 5.74. The van der Waals surface area contributed by atoms with E-state index in [1.165, 1.54) is 0 Å². The number of hydrogen-bond donors (Lipinski definition) is 1. The molecule has 0 bridgehead atoms. The molecule has 222 valence electrons. The fourth-order valence-corrected chi connectivity index (χ4v) is 5.66. The third-order valence-corrected chi connectivity index (χ3v) is 8.31. The summed E-state index contributed by atoms with van der Waals surface area (Å²) >= 11 is 0. The van der Waals surface area contributed by atoms with Gasteiger partial charge in [0.15, 0.2) is 5.75 Å². The van der Waals surface area contributed by atoms with Crippen molar-refractivity contribution in [2.75, 3.05) is 90.9 Å². The van der Waals surface area contributed by atoms with Gasteiger partial charge >= 0.3 is 0 Å². The molecule has 0 aromatic heterocycles. The number of nitrogens with one attached hydrogen (secondary N) is 1. The van der Waals surface area contributed by atoms with Gasteiger partial charge in [-0.3, -0.25) is 9.59 Å². The van der Waals surface area contributed by atoms with E-state index in [9.17, 15) is 9.59 Å². The molecule has 2 heterocycles. The zero-order valence-corrected chi connectivity index (χ0v) is 25.3. The highest BCUT2D eigenvalue weighted by molar-refractivity contribution is 6.06. The molecule has 42 heavy (non-hydrogen) atoms. The van der Waals surface area contributed by atoms with E-state index in [1.54, 1.807) is 14.2 Å². The summed E-state index contributed by atoms with van der Waals surface area (Å²) in [6, 6.07) is 17.1. The van der Waals surface area contributed by atoms with Gasteiger partial charge in [0.1, 0.15) is 11.4 Å². The van der Waals surface area contributed by atoms with Gasteiger partial charge in [-0.25, -0.2) is 0 Å². The van der Waals surface area contributed by atoms with Gasteiger partial charge < -0.3 is 34.4 Å². The molecule has 2 fully saturated rings. The van der Waals surface area contributed by atoms with Crippen molar-refractivity contribution in [1.29, 1.82) is 0 Å². The number of anilines is 2. The molecule has 0 atom stereocenters. The van der Waals surface area contributed by atoms with Crippen LogP contribution in [0.25, 0.3) is 11.1 Å². The van der Waals surface area contributed by atoms with Crippen molar-refractivity contribution in [2.24, 2.45) is 0 Å². The van der Waals surface area contributed by atoms with E-state index in [-0.39, 0.29) is 11.8 Å². The number of rotatable bonds is 7. The Morgan fingerprint density at radius 2 is 1.36 bits per heavy atom. The molecule has 0 spiro atoms. The molecule has 1 N–H and O–H groups in total. The smallest absolute Gasteiger partial charge is 0.255 e. The van der Waals surface area contributed by atoms with Gasteiger partial charge in [0.05, 0.1) is 19.9 Å². The van der Waals surface area contributed by atoms with Gasteiger partial charge in [-0.2, -0.15) is 0 Å². The molecule has 9 heteroatoms. The van der Waals surface area contributed by atoms with E-state index in [4.69, 9.17) is 9.47 Å². The fraction of sp³-hybridized carbons (Fsp3) is 0.394. The first-order valence-corrected chi connectivity index (χ1v) is 14.5. The third-order valence-electron chi connectivity index (χ3n) is 8.31. The second kappa shape index (κ2) is 12.8. The fourth-order valence-electron chi connectivity index (χ4n) is 5.66. The molecule has 2 saturated heterocycles. The average molecular weight is 572 g/mol. The third kappa shape index (κ3) is 6.22. The van der Waals surface area contributed by atoms with Crippen LogP contribution in [0.15, 0.2) is 54.6 Å². The summed E-state index contributed by atoms with van der Waals surface area (Å²) in [4.78, 5) is 35.0. The monoisotopic (exact) mass is 571 g/mol. The summed E-state index contributed by atoms with van der Waals surface area (Å²) in [5.74, 6) is 1.16. The summed E-state index contributed by atoms with van der Waals surface area (Å²) < 4.78 is 11.5. The Labute approximate surface area is 248 Å². The van der Waals surface area contributed by atoms with Crippen molar-refractivity contribution < 1.29 is 19.1 Å². The van der Waals surface area contributed by atoms with Crippen LogP contribution in [-0.4, -0.2) is 107 Å². The van der Waals surface area contributed by atoms with E-state index < -0.39 is 0 Å². The highest BCUT2D eigenvalue weighted by Gasteiger charge is 2.25. The highest BCUT2D eigenvalue weighted by atomic mass is 16.5. The van der Waals surface area contributed by atoms with Crippen molar-refractivity contribution in [3.05, 3.63) is 71.3 Å². The molecule has 2 amide bonds. The Morgan fingerprint density at radius 3 is 1.95 bits per heavy atom. The molecule has 3 aromatic carbocycles. The first-order valence-electron chi connectivity index (χ1n) is 14.5. The minimum absolute atomic E-state index is 0.0782. The van der Waals surface area contributed by atoms with Crippen LogP contribution in [0.4, 0.5) is 11.4 Å². The Bertz CT molecular complexity index is 1430. The number of ether oxygens (including phenoxy) is 2. The van der Waals surface area contributed by atoms with Crippen LogP contribution in [-0.2, 0) is 0 Å². The van der Waals surface area contributed by atoms with Gasteiger partial charge in [0, 0.05) is 63.5 Å². The first-order chi connectivity index (χ1) is 20.3. The van der Waals surface area contributed by atoms with Crippen LogP contribution in [0.3, 0.4) is 0 Å². The van der Waals surface area contributed by atoms with Gasteiger partial charge in [-0.1, -0.05) is 18.2 Å². The van der Waals surface area contributed by atoms with Gasteiger partial charge in [0.2, 0.25) is 0 Å². The van der Waals surface area contributed by atoms with Gasteiger partial charge in [-0.05, 0) is 74.1 Å². The van der Waals surface area contributed by atoms with Crippen LogP contribution < -0.4 is 19.7 Å². The summed E-state index contributed by atoms with van der Waals surface area (Å²) in [6.07, 6.45) is 0. The molecule has 0 radical (unpaired) electrons. The number of carbonyl (C=O) groups excluding carboxylic acids is 2. The van der Waals surface area contributed by atoms with E-state index in [0.29, 0.717) is 28.3 Å². The molecule has 0 aliphatic carbocycles. The normalized spacial score (nSPS) is 16.3. The summed E-state index contributed by atoms with van der Waals surface area (Å²) in [6.45, 7) is 8.85. The Morgan fingerprint density at radius 1 is 0.738 bits per heavy atom. The zero-order valence-electron chi connectivity index (χ0n) is 25.3. The number of likely N-dealkylation sites (N-methyl/N-ethyl adjacent to an activating group) is 2. The lowest BCUT2D eigenvalue weighted by Gasteiger charge is -2.35. The maximum Gasteiger partial charge on any atom is 0.255 e. The van der Waals surface area contributed by atoms with Crippen molar-refractivity contribution in [1.82, 2.24) is 14.7 Å². The lowest BCUT2D eigenvalue weighted by Crippen LogP contribution is -2.47. The first kappa shape index (κ1) is 29.4. The molecule has 5 rings (SSSR count). The molecule has 2 aliphatic rings. The summed E-state index contributed by atoms with van der Waals surface area (Å²) in [5, 5.41) is 3.04. The van der Waals surface area contributed by atoms with Crippen LogP contribution in [0, 0.1) is 6.92 Å². The Balaban J connectivity index is 1.31. The largest absolute Gasteiger partial charge is 0.494 e. The lowest BCUT2D eigenvalue weighted by atomic mass is 9.97. The Kier molecular flexibility index (Phi) is 8.99. The number of nitrogens with zero attached hydrogens (tertiary/aromatic N) is 4. The van der Waals surface area contributed by atoms with Crippen molar-refractivity contribution >= 4 is 23.2 Å². The number of amides is 2. The van der Waals surface area contributed by atoms with Crippen molar-refractivity contribution in [2.45, 2.75) is 6.92 Å². The Hall–Kier alpha value is -4.08. The number of benzene rings is 3. The van der Waals surface area contributed by atoms with Crippen molar-refractivity contribution in [3.8, 4) is 22.6 Å². The zero-order chi connectivity index (χ0) is 29.8. The molecule has 2 aliphatic heterocycles. The van der Waals surface area contributed by atoms with Crippen LogP contribution in [0.2, 0.25) is 0 Å². The van der Waals surface area contributed by atoms with Crippen LogP contribution in [0.1, 0.15) is 26.3 Å². The molecule has 9 nitrogen and oxygen atoms in total. The number of aryl methyl sites for hydroxylation is 1. The number of hydrogen-bond acceptors (Lipinski definition) is 7. The maximum atomic E-state index is 13.3. The van der Waals surface area contributed by atoms with E-state index >= 15 is 0 Å². The second-order valence-electron chi connectivity index (χ2n) is 11.1. The standard InChI is InChI=1S/C33H41N5O4/c1-23-22-26(33(40)38-20-16-36(3)17-21-38)10-11-27(23)24-6-8-25(9-7-24)32(39)34-28-12-13-29(41-4)30(31(28)42-5)37-18-14-35(2)15-19-37/h6-13,22H,14-21H2,1-5H3,(H,34,39). The highest BCUT2D eigenvalue weighted by Crippen LogP contribution is 2.43. The quantitative estimate of drug-likeness (QED) is 0.458. The van der Waals surface area contributed by atoms with E-state index in [1.807, 2.05) is 66.4 Å². The minimum Gasteiger partial charge on any atom is -0.494 e. The molecule has 0 saturated carbocycles. The second-order valence-corrected chi connectivity index (χ2v) is 11.1. The lowest BCUT2D eigenvalue weighted by molar-refractivity contribution is 0.0664. The van der Waals surface area contributed by atoms with E-state index in [2.05, 4.69) is 34.1 Å². The molecular formula is C33H41N5O4. The molecule has 0 unspecified atom stereocenters. The number of piperazine rings is 2. The predicted octanol–water partition coefficient (Wildman–Crippen LogP) is 4.07. The average Bonchev–Trinajstić information content (AvgIpc) is 3.01. The van der Waals surface area contributed by atoms with Gasteiger partial charge in [-0.15, -0.1) is 0 Å². The molecule has 3 aromatic rings. The van der Waals surface area contributed by atoms with E-state index in [0.717, 1.165) is 74.7 Å². The molecular weight excluding hydrogens is 530 g/mol. The van der Waals surface area contributed by atoms with Crippen LogP contribution >= 0.6 is 0 Å². The predicted molar refractivity (Wildman–Crippen MR) is 167 cm³/mol. The minimum atomic E-state index is -0.223.